The molecular weight excluding hydrogens is 204 g/mol. The first-order valence-corrected chi connectivity index (χ1v) is 6.50. The fourth-order valence-corrected chi connectivity index (χ4v) is 1.58. The minimum atomic E-state index is -0.741. The Morgan fingerprint density at radius 1 is 1.19 bits per heavy atom. The number of ether oxygens (including phenoxy) is 1. The second-order valence-electron chi connectivity index (χ2n) is 4.38. The molecule has 0 aromatic carbocycles. The maximum atomic E-state index is 10.3. The van der Waals surface area contributed by atoms with Crippen molar-refractivity contribution < 1.29 is 14.6 Å². The van der Waals surface area contributed by atoms with Gasteiger partial charge in [-0.15, -0.1) is 0 Å². The Morgan fingerprint density at radius 3 is 2.44 bits per heavy atom. The molecule has 16 heavy (non-hydrogen) atoms. The van der Waals surface area contributed by atoms with Crippen LogP contribution in [0.4, 0.5) is 0 Å². The van der Waals surface area contributed by atoms with E-state index >= 15 is 0 Å². The summed E-state index contributed by atoms with van der Waals surface area (Å²) in [6.07, 6.45) is 8.45. The number of hydrogen-bond donors (Lipinski definition) is 1. The highest BCUT2D eigenvalue weighted by Gasteiger charge is 2.04. The van der Waals surface area contributed by atoms with E-state index in [2.05, 4.69) is 6.92 Å². The van der Waals surface area contributed by atoms with Crippen LogP contribution in [0.15, 0.2) is 0 Å². The first-order valence-electron chi connectivity index (χ1n) is 6.50. The van der Waals surface area contributed by atoms with Crippen molar-refractivity contribution in [2.24, 2.45) is 0 Å². The van der Waals surface area contributed by atoms with Gasteiger partial charge in [0.15, 0.2) is 0 Å². The highest BCUT2D eigenvalue weighted by atomic mass is 16.5. The van der Waals surface area contributed by atoms with Crippen molar-refractivity contribution in [2.75, 3.05) is 6.61 Å². The molecule has 0 aromatic rings. The molecule has 3 nitrogen and oxygen atoms in total. The van der Waals surface area contributed by atoms with Gasteiger partial charge in [-0.2, -0.15) is 0 Å². The van der Waals surface area contributed by atoms with E-state index in [1.807, 2.05) is 6.92 Å². The van der Waals surface area contributed by atoms with Gasteiger partial charge in [0.1, 0.15) is 0 Å². The molecule has 1 unspecified atom stereocenters. The number of aliphatic carboxylic acids is 1. The van der Waals surface area contributed by atoms with E-state index in [1.165, 1.54) is 32.1 Å². The minimum Gasteiger partial charge on any atom is -0.481 e. The second-order valence-corrected chi connectivity index (χ2v) is 4.38. The first-order chi connectivity index (χ1) is 7.66. The Kier molecular flexibility index (Phi) is 10.5. The average Bonchev–Trinajstić information content (AvgIpc) is 2.25. The van der Waals surface area contributed by atoms with Crippen molar-refractivity contribution in [3.8, 4) is 0 Å². The summed E-state index contributed by atoms with van der Waals surface area (Å²) in [6.45, 7) is 4.93. The summed E-state index contributed by atoms with van der Waals surface area (Å²) in [5.74, 6) is -0.741. The highest BCUT2D eigenvalue weighted by Crippen LogP contribution is 2.07. The molecule has 0 aliphatic heterocycles. The van der Waals surface area contributed by atoms with Gasteiger partial charge in [0, 0.05) is 13.0 Å². The van der Waals surface area contributed by atoms with Crippen molar-refractivity contribution in [3.63, 3.8) is 0 Å². The predicted octanol–water partition coefficient (Wildman–Crippen LogP) is 3.62. The molecule has 1 N–H and O–H groups in total. The van der Waals surface area contributed by atoms with Gasteiger partial charge in [-0.3, -0.25) is 4.79 Å². The van der Waals surface area contributed by atoms with E-state index in [4.69, 9.17) is 9.84 Å². The summed E-state index contributed by atoms with van der Waals surface area (Å²) in [5.41, 5.74) is 0. The number of unbranched alkanes of at least 4 members (excludes halogenated alkanes) is 5. The van der Waals surface area contributed by atoms with Crippen LogP contribution in [0.3, 0.4) is 0 Å². The zero-order chi connectivity index (χ0) is 12.2. The molecule has 0 aliphatic carbocycles. The van der Waals surface area contributed by atoms with E-state index < -0.39 is 5.97 Å². The fourth-order valence-electron chi connectivity index (χ4n) is 1.58. The SMILES string of the molecule is CCCCCCCCOC(C)CCC(=O)O. The lowest BCUT2D eigenvalue weighted by molar-refractivity contribution is -0.137. The maximum absolute atomic E-state index is 10.3. The summed E-state index contributed by atoms with van der Waals surface area (Å²) < 4.78 is 5.54. The Hall–Kier alpha value is -0.570. The monoisotopic (exact) mass is 230 g/mol. The Labute approximate surface area is 99.2 Å². The largest absolute Gasteiger partial charge is 0.481 e. The van der Waals surface area contributed by atoms with Crippen molar-refractivity contribution in [1.29, 1.82) is 0 Å². The molecule has 0 fully saturated rings. The van der Waals surface area contributed by atoms with Crippen molar-refractivity contribution in [2.45, 2.75) is 71.3 Å². The van der Waals surface area contributed by atoms with Gasteiger partial charge in [0.05, 0.1) is 6.10 Å². The van der Waals surface area contributed by atoms with E-state index in [0.29, 0.717) is 6.42 Å². The third kappa shape index (κ3) is 11.5. The summed E-state index contributed by atoms with van der Waals surface area (Å²) >= 11 is 0. The zero-order valence-corrected chi connectivity index (χ0v) is 10.7. The molecule has 0 amide bonds. The molecule has 0 aromatic heterocycles. The number of rotatable bonds is 11. The summed E-state index contributed by atoms with van der Waals surface area (Å²) in [5, 5.41) is 8.50. The number of carboxylic acids is 1. The average molecular weight is 230 g/mol. The van der Waals surface area contributed by atoms with Crippen LogP contribution in [0.1, 0.15) is 65.2 Å². The molecule has 1 atom stereocenters. The molecule has 0 aliphatic rings. The van der Waals surface area contributed by atoms with Crippen LogP contribution in [0.25, 0.3) is 0 Å². The van der Waals surface area contributed by atoms with Crippen molar-refractivity contribution >= 4 is 5.97 Å². The van der Waals surface area contributed by atoms with Gasteiger partial charge in [0.2, 0.25) is 0 Å². The third-order valence-electron chi connectivity index (χ3n) is 2.66. The van der Waals surface area contributed by atoms with Gasteiger partial charge in [-0.05, 0) is 19.8 Å². The first kappa shape index (κ1) is 15.4. The fraction of sp³-hybridized carbons (Fsp3) is 0.923. The molecular formula is C13H26O3. The van der Waals surface area contributed by atoms with E-state index in [-0.39, 0.29) is 12.5 Å². The Balaban J connectivity index is 3.15. The quantitative estimate of drug-likeness (QED) is 0.551. The van der Waals surface area contributed by atoms with Gasteiger partial charge in [-0.1, -0.05) is 39.0 Å². The molecule has 0 rings (SSSR count). The molecule has 96 valence electrons. The second kappa shape index (κ2) is 10.9. The molecule has 0 saturated heterocycles. The van der Waals surface area contributed by atoms with Gasteiger partial charge < -0.3 is 9.84 Å². The topological polar surface area (TPSA) is 46.5 Å². The van der Waals surface area contributed by atoms with Gasteiger partial charge >= 0.3 is 5.97 Å². The van der Waals surface area contributed by atoms with Crippen molar-refractivity contribution in [3.05, 3.63) is 0 Å². The minimum absolute atomic E-state index is 0.0757. The number of hydrogen-bond acceptors (Lipinski definition) is 2. The van der Waals surface area contributed by atoms with E-state index in [9.17, 15) is 4.79 Å². The third-order valence-corrected chi connectivity index (χ3v) is 2.66. The molecule has 0 spiro atoms. The molecule has 3 heteroatoms. The lowest BCUT2D eigenvalue weighted by Gasteiger charge is -2.11. The van der Waals surface area contributed by atoms with Gasteiger partial charge in [0.25, 0.3) is 0 Å². The molecule has 0 saturated carbocycles. The lowest BCUT2D eigenvalue weighted by Crippen LogP contribution is -2.11. The number of carbonyl (C=O) groups is 1. The van der Waals surface area contributed by atoms with Crippen LogP contribution in [0.2, 0.25) is 0 Å². The number of carboxylic acid groups (broad SMARTS) is 1. The van der Waals surface area contributed by atoms with Crippen molar-refractivity contribution in [1.82, 2.24) is 0 Å². The normalized spacial score (nSPS) is 12.6. The molecule has 0 radical (unpaired) electrons. The van der Waals surface area contributed by atoms with Crippen LogP contribution in [-0.2, 0) is 9.53 Å². The Bertz CT molecular complexity index is 169. The summed E-state index contributed by atoms with van der Waals surface area (Å²) in [4.78, 5) is 10.3. The lowest BCUT2D eigenvalue weighted by atomic mass is 10.1. The van der Waals surface area contributed by atoms with Gasteiger partial charge in [-0.25, -0.2) is 0 Å². The predicted molar refractivity (Wildman–Crippen MR) is 65.7 cm³/mol. The Morgan fingerprint density at radius 2 is 1.81 bits per heavy atom. The molecule has 0 heterocycles. The van der Waals surface area contributed by atoms with Crippen LogP contribution in [0, 0.1) is 0 Å². The van der Waals surface area contributed by atoms with Crippen LogP contribution in [-0.4, -0.2) is 23.8 Å². The highest BCUT2D eigenvalue weighted by molar-refractivity contribution is 5.66. The van der Waals surface area contributed by atoms with E-state index in [0.717, 1.165) is 13.0 Å². The summed E-state index contributed by atoms with van der Waals surface area (Å²) in [6, 6.07) is 0. The summed E-state index contributed by atoms with van der Waals surface area (Å²) in [7, 11) is 0. The maximum Gasteiger partial charge on any atom is 0.303 e. The molecule has 0 bridgehead atoms. The standard InChI is InChI=1S/C13H26O3/c1-3-4-5-6-7-8-11-16-12(2)9-10-13(14)15/h12H,3-11H2,1-2H3,(H,14,15). The van der Waals surface area contributed by atoms with Crippen LogP contribution in [0.5, 0.6) is 0 Å². The zero-order valence-electron chi connectivity index (χ0n) is 10.7. The van der Waals surface area contributed by atoms with Crippen LogP contribution >= 0.6 is 0 Å². The van der Waals surface area contributed by atoms with Crippen LogP contribution < -0.4 is 0 Å². The van der Waals surface area contributed by atoms with E-state index in [1.54, 1.807) is 0 Å². The smallest absolute Gasteiger partial charge is 0.303 e.